The molecule has 0 aliphatic rings. The fourth-order valence-corrected chi connectivity index (χ4v) is 3.73. The molecule has 2 aromatic heterocycles. The van der Waals surface area contributed by atoms with E-state index in [1.165, 1.54) is 12.1 Å². The molecule has 0 unspecified atom stereocenters. The Morgan fingerprint density at radius 3 is 2.80 bits per heavy atom. The van der Waals surface area contributed by atoms with Gasteiger partial charge < -0.3 is 10.3 Å². The number of halogens is 4. The number of nitrogens with one attached hydrogen (secondary N) is 2. The summed E-state index contributed by atoms with van der Waals surface area (Å²) in [4.78, 5) is 19.7. The lowest BCUT2D eigenvalue weighted by Gasteiger charge is -2.14. The molecule has 0 aliphatic carbocycles. The van der Waals surface area contributed by atoms with Crippen LogP contribution in [0.25, 0.3) is 22.1 Å². The van der Waals surface area contributed by atoms with Gasteiger partial charge in [0.15, 0.2) is 5.65 Å². The zero-order valence-corrected chi connectivity index (χ0v) is 16.9. The predicted octanol–water partition coefficient (Wildman–Crippen LogP) is 5.22. The lowest BCUT2D eigenvalue weighted by molar-refractivity contribution is -0.137. The number of H-pyrrole nitrogens is 1. The van der Waals surface area contributed by atoms with E-state index >= 15 is 0 Å². The van der Waals surface area contributed by atoms with E-state index in [1.807, 2.05) is 25.1 Å². The Balaban J connectivity index is 1.51. The number of aryl methyl sites for hydroxylation is 1. The van der Waals surface area contributed by atoms with E-state index in [4.69, 9.17) is 11.6 Å². The summed E-state index contributed by atoms with van der Waals surface area (Å²) in [5.74, 6) is -0.885. The van der Waals surface area contributed by atoms with Gasteiger partial charge in [0, 0.05) is 10.9 Å². The summed E-state index contributed by atoms with van der Waals surface area (Å²) in [6, 6.07) is 9.13. The number of alkyl halides is 3. The van der Waals surface area contributed by atoms with Crippen molar-refractivity contribution >= 4 is 57.0 Å². The minimum atomic E-state index is -4.65. The number of rotatable bonds is 4. The molecule has 2 aromatic carbocycles. The van der Waals surface area contributed by atoms with E-state index < -0.39 is 23.3 Å². The van der Waals surface area contributed by atoms with Gasteiger partial charge in [-0.1, -0.05) is 41.1 Å². The van der Waals surface area contributed by atoms with Gasteiger partial charge >= 0.3 is 6.18 Å². The molecule has 30 heavy (non-hydrogen) atoms. The largest absolute Gasteiger partial charge is 0.418 e. The quantitative estimate of drug-likeness (QED) is 0.416. The first kappa shape index (κ1) is 20.4. The van der Waals surface area contributed by atoms with Gasteiger partial charge in [-0.15, -0.1) is 10.2 Å². The molecule has 0 spiro atoms. The SMILES string of the molecule is Cc1ccc2[nH]c3nc(SCC(=O)Nc4c(Cl)cccc4C(F)(F)F)nnc3c2c1. The summed E-state index contributed by atoms with van der Waals surface area (Å²) in [5, 5.41) is 11.3. The van der Waals surface area contributed by atoms with Crippen molar-refractivity contribution in [1.29, 1.82) is 0 Å². The third-order valence-corrected chi connectivity index (χ3v) is 5.42. The maximum atomic E-state index is 13.1. The molecule has 0 saturated carbocycles. The average Bonchev–Trinajstić information content (AvgIpc) is 3.04. The topological polar surface area (TPSA) is 83.6 Å². The molecule has 0 radical (unpaired) electrons. The fourth-order valence-electron chi connectivity index (χ4n) is 2.92. The predicted molar refractivity (Wildman–Crippen MR) is 110 cm³/mol. The van der Waals surface area contributed by atoms with Crippen molar-refractivity contribution in [3.05, 3.63) is 52.5 Å². The van der Waals surface area contributed by atoms with Crippen molar-refractivity contribution in [2.24, 2.45) is 0 Å². The molecular weight excluding hydrogens is 439 g/mol. The van der Waals surface area contributed by atoms with Crippen molar-refractivity contribution in [3.8, 4) is 0 Å². The standard InChI is InChI=1S/C19H13ClF3N5OS/c1-9-5-6-13-10(7-9)15-17(24-13)26-18(28-27-15)30-8-14(29)25-16-11(19(21,22)23)3-2-4-12(16)20/h2-7H,8H2,1H3,(H,25,29)(H,24,26,28). The van der Waals surface area contributed by atoms with E-state index in [0.717, 1.165) is 34.3 Å². The Morgan fingerprint density at radius 2 is 2.03 bits per heavy atom. The number of nitrogens with zero attached hydrogens (tertiary/aromatic N) is 3. The van der Waals surface area contributed by atoms with Gasteiger partial charge in [-0.05, 0) is 31.2 Å². The summed E-state index contributed by atoms with van der Waals surface area (Å²) in [6.07, 6.45) is -4.65. The Kier molecular flexibility index (Phi) is 5.29. The number of thioether (sulfide) groups is 1. The lowest BCUT2D eigenvalue weighted by Crippen LogP contribution is -2.18. The number of aromatic nitrogens is 4. The highest BCUT2D eigenvalue weighted by Crippen LogP contribution is 2.38. The first-order chi connectivity index (χ1) is 14.2. The van der Waals surface area contributed by atoms with Crippen LogP contribution in [0.15, 0.2) is 41.6 Å². The van der Waals surface area contributed by atoms with E-state index in [2.05, 4.69) is 25.5 Å². The van der Waals surface area contributed by atoms with Crippen molar-refractivity contribution < 1.29 is 18.0 Å². The van der Waals surface area contributed by atoms with Crippen molar-refractivity contribution in [2.75, 3.05) is 11.1 Å². The molecule has 0 atom stereocenters. The summed E-state index contributed by atoms with van der Waals surface area (Å²) in [6.45, 7) is 1.96. The average molecular weight is 452 g/mol. The van der Waals surface area contributed by atoms with Crippen LogP contribution in [-0.4, -0.2) is 31.8 Å². The smallest absolute Gasteiger partial charge is 0.338 e. The number of anilines is 1. The molecular formula is C19H13ClF3N5OS. The van der Waals surface area contributed by atoms with Crippen LogP contribution in [0.3, 0.4) is 0 Å². The van der Waals surface area contributed by atoms with Gasteiger partial charge in [-0.25, -0.2) is 4.98 Å². The summed E-state index contributed by atoms with van der Waals surface area (Å²) >= 11 is 6.81. The summed E-state index contributed by atoms with van der Waals surface area (Å²) < 4.78 is 39.4. The lowest BCUT2D eigenvalue weighted by atomic mass is 10.1. The zero-order chi connectivity index (χ0) is 21.5. The van der Waals surface area contributed by atoms with E-state index in [0.29, 0.717) is 11.2 Å². The van der Waals surface area contributed by atoms with Crippen molar-refractivity contribution in [1.82, 2.24) is 20.2 Å². The van der Waals surface area contributed by atoms with Gasteiger partial charge in [0.05, 0.1) is 22.0 Å². The van der Waals surface area contributed by atoms with Gasteiger partial charge in [0.2, 0.25) is 11.1 Å². The minimum Gasteiger partial charge on any atom is -0.338 e. The number of hydrogen-bond acceptors (Lipinski definition) is 5. The van der Waals surface area contributed by atoms with Crippen molar-refractivity contribution in [3.63, 3.8) is 0 Å². The number of carbonyl (C=O) groups excluding carboxylic acids is 1. The minimum absolute atomic E-state index is 0.198. The summed E-state index contributed by atoms with van der Waals surface area (Å²) in [7, 11) is 0. The molecule has 2 heterocycles. The van der Waals surface area contributed by atoms with Crippen LogP contribution in [-0.2, 0) is 11.0 Å². The third-order valence-electron chi connectivity index (χ3n) is 4.27. The second-order valence-corrected chi connectivity index (χ2v) is 7.81. The fraction of sp³-hybridized carbons (Fsp3) is 0.158. The molecule has 4 rings (SSSR count). The summed E-state index contributed by atoms with van der Waals surface area (Å²) in [5.41, 5.74) is 1.56. The Labute approximate surface area is 177 Å². The Bertz CT molecular complexity index is 1270. The highest BCUT2D eigenvalue weighted by molar-refractivity contribution is 7.99. The van der Waals surface area contributed by atoms with E-state index in [1.54, 1.807) is 0 Å². The number of aromatic amines is 1. The normalized spacial score (nSPS) is 11.9. The van der Waals surface area contributed by atoms with Crippen molar-refractivity contribution in [2.45, 2.75) is 18.3 Å². The number of para-hydroxylation sites is 1. The van der Waals surface area contributed by atoms with Crippen LogP contribution in [0, 0.1) is 6.92 Å². The number of hydrogen-bond donors (Lipinski definition) is 2. The Morgan fingerprint density at radius 1 is 1.23 bits per heavy atom. The molecule has 0 fully saturated rings. The van der Waals surface area contributed by atoms with Gasteiger partial charge in [-0.2, -0.15) is 13.2 Å². The molecule has 11 heteroatoms. The second-order valence-electron chi connectivity index (χ2n) is 6.46. The molecule has 0 aliphatic heterocycles. The molecule has 6 nitrogen and oxygen atoms in total. The number of amides is 1. The Hall–Kier alpha value is -2.85. The van der Waals surface area contributed by atoms with Crippen LogP contribution in [0.1, 0.15) is 11.1 Å². The molecule has 2 N–H and O–H groups in total. The monoisotopic (exact) mass is 451 g/mol. The van der Waals surface area contributed by atoms with Gasteiger partial charge in [-0.3, -0.25) is 4.79 Å². The molecule has 0 bridgehead atoms. The third kappa shape index (κ3) is 4.05. The van der Waals surface area contributed by atoms with E-state index in [-0.39, 0.29) is 15.9 Å². The maximum absolute atomic E-state index is 13.1. The highest BCUT2D eigenvalue weighted by Gasteiger charge is 2.34. The first-order valence-electron chi connectivity index (χ1n) is 8.63. The number of carbonyl (C=O) groups is 1. The van der Waals surface area contributed by atoms with E-state index in [9.17, 15) is 18.0 Å². The second kappa shape index (κ2) is 7.77. The highest BCUT2D eigenvalue weighted by atomic mass is 35.5. The van der Waals surface area contributed by atoms with Crippen LogP contribution in [0.2, 0.25) is 5.02 Å². The molecule has 0 saturated heterocycles. The molecule has 154 valence electrons. The first-order valence-corrected chi connectivity index (χ1v) is 10.00. The molecule has 1 amide bonds. The number of benzene rings is 2. The van der Waals surface area contributed by atoms with Gasteiger partial charge in [0.25, 0.3) is 0 Å². The molecule has 4 aromatic rings. The number of fused-ring (bicyclic) bond motifs is 3. The van der Waals surface area contributed by atoms with Crippen LogP contribution >= 0.6 is 23.4 Å². The maximum Gasteiger partial charge on any atom is 0.418 e. The van der Waals surface area contributed by atoms with Gasteiger partial charge in [0.1, 0.15) is 5.52 Å². The zero-order valence-electron chi connectivity index (χ0n) is 15.3. The van der Waals surface area contributed by atoms with Crippen LogP contribution < -0.4 is 5.32 Å². The van der Waals surface area contributed by atoms with Crippen LogP contribution in [0.4, 0.5) is 18.9 Å². The van der Waals surface area contributed by atoms with Crippen LogP contribution in [0.5, 0.6) is 0 Å².